The maximum Gasteiger partial charge on any atom is 0.0549 e. The van der Waals surface area contributed by atoms with Crippen LogP contribution in [-0.4, -0.2) is 11.2 Å². The number of aliphatic hydroxyl groups excluding tert-OH is 1. The molecule has 1 fully saturated rings. The molecular weight excluding hydrogens is 208 g/mol. The van der Waals surface area contributed by atoms with Crippen LogP contribution in [0.15, 0.2) is 18.2 Å². The lowest BCUT2D eigenvalue weighted by Gasteiger charge is -2.24. The van der Waals surface area contributed by atoms with Crippen molar-refractivity contribution in [3.63, 3.8) is 0 Å². The highest BCUT2D eigenvalue weighted by Gasteiger charge is 2.35. The minimum Gasteiger partial charge on any atom is -0.393 e. The average molecular weight is 225 g/mol. The number of halogens is 1. The van der Waals surface area contributed by atoms with E-state index < -0.39 is 0 Å². The Morgan fingerprint density at radius 3 is 2.73 bits per heavy atom. The van der Waals surface area contributed by atoms with Crippen LogP contribution in [-0.2, 0) is 5.41 Å². The summed E-state index contributed by atoms with van der Waals surface area (Å²) in [4.78, 5) is 0. The van der Waals surface area contributed by atoms with Gasteiger partial charge in [-0.05, 0) is 48.8 Å². The zero-order valence-electron chi connectivity index (χ0n) is 9.26. The molecule has 1 N–H and O–H groups in total. The van der Waals surface area contributed by atoms with Crippen LogP contribution in [0.4, 0.5) is 0 Å². The van der Waals surface area contributed by atoms with Crippen molar-refractivity contribution in [3.05, 3.63) is 34.3 Å². The summed E-state index contributed by atoms with van der Waals surface area (Å²) in [6.45, 7) is 4.22. The molecule has 2 atom stereocenters. The van der Waals surface area contributed by atoms with E-state index in [1.165, 1.54) is 5.56 Å². The molecule has 0 radical (unpaired) electrons. The Morgan fingerprint density at radius 1 is 1.47 bits per heavy atom. The summed E-state index contributed by atoms with van der Waals surface area (Å²) in [7, 11) is 0. The van der Waals surface area contributed by atoms with Gasteiger partial charge >= 0.3 is 0 Å². The van der Waals surface area contributed by atoms with Crippen LogP contribution in [0.5, 0.6) is 0 Å². The van der Waals surface area contributed by atoms with Gasteiger partial charge < -0.3 is 5.11 Å². The Hall–Kier alpha value is -0.530. The fourth-order valence-electron chi connectivity index (χ4n) is 2.44. The quantitative estimate of drug-likeness (QED) is 0.775. The molecule has 1 aromatic carbocycles. The molecule has 0 amide bonds. The van der Waals surface area contributed by atoms with E-state index in [9.17, 15) is 5.11 Å². The SMILES string of the molecule is Cc1ccc(C2(C)CCC(O)C2)cc1Cl. The van der Waals surface area contributed by atoms with Crippen LogP contribution in [0.2, 0.25) is 5.02 Å². The zero-order chi connectivity index (χ0) is 11.1. The van der Waals surface area contributed by atoms with E-state index in [-0.39, 0.29) is 11.5 Å². The molecule has 0 bridgehead atoms. The minimum absolute atomic E-state index is 0.108. The monoisotopic (exact) mass is 224 g/mol. The molecule has 1 aliphatic carbocycles. The van der Waals surface area contributed by atoms with Crippen molar-refractivity contribution in [2.45, 2.75) is 44.6 Å². The van der Waals surface area contributed by atoms with Crippen molar-refractivity contribution >= 4 is 11.6 Å². The van der Waals surface area contributed by atoms with E-state index >= 15 is 0 Å². The fraction of sp³-hybridized carbons (Fsp3) is 0.538. The Bertz CT molecular complexity index is 375. The van der Waals surface area contributed by atoms with Crippen LogP contribution in [0.25, 0.3) is 0 Å². The van der Waals surface area contributed by atoms with Crippen molar-refractivity contribution in [2.24, 2.45) is 0 Å². The summed E-state index contributed by atoms with van der Waals surface area (Å²) in [6, 6.07) is 6.25. The van der Waals surface area contributed by atoms with E-state index in [1.807, 2.05) is 6.92 Å². The van der Waals surface area contributed by atoms with E-state index in [0.717, 1.165) is 29.8 Å². The number of aliphatic hydroxyl groups is 1. The number of hydrogen-bond acceptors (Lipinski definition) is 1. The summed E-state index contributed by atoms with van der Waals surface area (Å²) in [5.74, 6) is 0. The van der Waals surface area contributed by atoms with Gasteiger partial charge in [-0.3, -0.25) is 0 Å². The Morgan fingerprint density at radius 2 is 2.20 bits per heavy atom. The highest BCUT2D eigenvalue weighted by molar-refractivity contribution is 6.31. The standard InChI is InChI=1S/C13H17ClO/c1-9-3-4-10(7-12(9)14)13(2)6-5-11(15)8-13/h3-4,7,11,15H,5-6,8H2,1-2H3. The molecule has 0 aliphatic heterocycles. The number of benzene rings is 1. The first-order chi connectivity index (χ1) is 7.01. The number of aryl methyl sites for hydroxylation is 1. The third-order valence-corrected chi connectivity index (χ3v) is 3.99. The lowest BCUT2D eigenvalue weighted by atomic mass is 9.81. The molecule has 82 valence electrons. The first-order valence-electron chi connectivity index (χ1n) is 5.46. The molecule has 1 aliphatic rings. The van der Waals surface area contributed by atoms with Gasteiger partial charge in [0.2, 0.25) is 0 Å². The van der Waals surface area contributed by atoms with Gasteiger partial charge in [-0.2, -0.15) is 0 Å². The highest BCUT2D eigenvalue weighted by atomic mass is 35.5. The molecule has 0 spiro atoms. The number of hydrogen-bond donors (Lipinski definition) is 1. The highest BCUT2D eigenvalue weighted by Crippen LogP contribution is 2.41. The average Bonchev–Trinajstić information content (AvgIpc) is 2.52. The molecule has 1 saturated carbocycles. The Labute approximate surface area is 96.1 Å². The second kappa shape index (κ2) is 3.80. The maximum absolute atomic E-state index is 9.62. The maximum atomic E-state index is 9.62. The summed E-state index contributed by atoms with van der Waals surface area (Å²) in [5, 5.41) is 10.4. The first kappa shape index (κ1) is 11.0. The van der Waals surface area contributed by atoms with Crippen LogP contribution in [0.3, 0.4) is 0 Å². The normalized spacial score (nSPS) is 30.8. The molecule has 0 saturated heterocycles. The molecular formula is C13H17ClO. The van der Waals surface area contributed by atoms with E-state index in [1.54, 1.807) is 0 Å². The lowest BCUT2D eigenvalue weighted by molar-refractivity contribution is 0.175. The topological polar surface area (TPSA) is 20.2 Å². The Balaban J connectivity index is 2.33. The van der Waals surface area contributed by atoms with Crippen LogP contribution in [0, 0.1) is 6.92 Å². The van der Waals surface area contributed by atoms with Crippen molar-refractivity contribution in [1.82, 2.24) is 0 Å². The third-order valence-electron chi connectivity index (χ3n) is 3.58. The van der Waals surface area contributed by atoms with E-state index in [2.05, 4.69) is 25.1 Å². The van der Waals surface area contributed by atoms with Crippen LogP contribution in [0.1, 0.15) is 37.3 Å². The van der Waals surface area contributed by atoms with Crippen molar-refractivity contribution in [1.29, 1.82) is 0 Å². The van der Waals surface area contributed by atoms with Gasteiger partial charge in [-0.25, -0.2) is 0 Å². The molecule has 2 unspecified atom stereocenters. The predicted octanol–water partition coefficient (Wildman–Crippen LogP) is 3.45. The van der Waals surface area contributed by atoms with E-state index in [4.69, 9.17) is 11.6 Å². The Kier molecular flexibility index (Phi) is 2.78. The predicted molar refractivity (Wildman–Crippen MR) is 63.4 cm³/mol. The minimum atomic E-state index is -0.143. The van der Waals surface area contributed by atoms with Gasteiger partial charge in [0.25, 0.3) is 0 Å². The summed E-state index contributed by atoms with van der Waals surface area (Å²) < 4.78 is 0. The molecule has 0 heterocycles. The molecule has 15 heavy (non-hydrogen) atoms. The van der Waals surface area contributed by atoms with Gasteiger partial charge in [-0.15, -0.1) is 0 Å². The number of rotatable bonds is 1. The van der Waals surface area contributed by atoms with Gasteiger partial charge in [-0.1, -0.05) is 30.7 Å². The lowest BCUT2D eigenvalue weighted by Crippen LogP contribution is -2.18. The summed E-state index contributed by atoms with van der Waals surface area (Å²) in [5.41, 5.74) is 2.48. The van der Waals surface area contributed by atoms with Crippen molar-refractivity contribution in [2.75, 3.05) is 0 Å². The largest absolute Gasteiger partial charge is 0.393 e. The van der Waals surface area contributed by atoms with Crippen molar-refractivity contribution < 1.29 is 5.11 Å². The summed E-state index contributed by atoms with van der Waals surface area (Å²) >= 11 is 6.13. The fourth-order valence-corrected chi connectivity index (χ4v) is 2.62. The third kappa shape index (κ3) is 2.04. The second-order valence-corrected chi connectivity index (χ2v) is 5.33. The van der Waals surface area contributed by atoms with Crippen LogP contribution >= 0.6 is 11.6 Å². The first-order valence-corrected chi connectivity index (χ1v) is 5.84. The molecule has 1 nitrogen and oxygen atoms in total. The smallest absolute Gasteiger partial charge is 0.0549 e. The van der Waals surface area contributed by atoms with E-state index in [0.29, 0.717) is 0 Å². The van der Waals surface area contributed by atoms with Gasteiger partial charge in [0, 0.05) is 5.02 Å². The van der Waals surface area contributed by atoms with Crippen LogP contribution < -0.4 is 0 Å². The zero-order valence-corrected chi connectivity index (χ0v) is 10.0. The molecule has 2 heteroatoms. The van der Waals surface area contributed by atoms with Crippen molar-refractivity contribution in [3.8, 4) is 0 Å². The molecule has 0 aromatic heterocycles. The molecule has 2 rings (SSSR count). The van der Waals surface area contributed by atoms with Gasteiger partial charge in [0.15, 0.2) is 0 Å². The molecule has 1 aromatic rings. The van der Waals surface area contributed by atoms with Gasteiger partial charge in [0.05, 0.1) is 6.10 Å². The second-order valence-electron chi connectivity index (χ2n) is 4.92. The van der Waals surface area contributed by atoms with Gasteiger partial charge in [0.1, 0.15) is 0 Å². The summed E-state index contributed by atoms with van der Waals surface area (Å²) in [6.07, 6.45) is 2.66.